The molecule has 0 fully saturated rings. The van der Waals surface area contributed by atoms with E-state index >= 15 is 0 Å². The molecule has 0 aliphatic rings. The lowest BCUT2D eigenvalue weighted by molar-refractivity contribution is -0.138. The van der Waals surface area contributed by atoms with Crippen LogP contribution in [0.25, 0.3) is 5.78 Å². The molecule has 2 aromatic heterocycles. The fourth-order valence-electron chi connectivity index (χ4n) is 1.33. The Bertz CT molecular complexity index is 621. The number of hydrogen-bond acceptors (Lipinski definition) is 5. The Balaban J connectivity index is 2.29. The van der Waals surface area contributed by atoms with Gasteiger partial charge in [-0.25, -0.2) is 9.50 Å². The van der Waals surface area contributed by atoms with Crippen LogP contribution in [0, 0.1) is 6.92 Å². The molecule has 0 saturated carbocycles. The molecule has 2 N–H and O–H groups in total. The van der Waals surface area contributed by atoms with Gasteiger partial charge >= 0.3 is 5.97 Å². The monoisotopic (exact) mass is 249 g/mol. The number of aromatic nitrogens is 4. The van der Waals surface area contributed by atoms with Gasteiger partial charge in [-0.05, 0) is 19.9 Å². The second-order valence-electron chi connectivity index (χ2n) is 3.77. The highest BCUT2D eigenvalue weighted by Crippen LogP contribution is 2.02. The number of carbonyl (C=O) groups is 2. The van der Waals surface area contributed by atoms with Crippen molar-refractivity contribution < 1.29 is 14.7 Å². The van der Waals surface area contributed by atoms with Crippen LogP contribution in [0.15, 0.2) is 12.3 Å². The highest BCUT2D eigenvalue weighted by atomic mass is 16.4. The average Bonchev–Trinajstić information content (AvgIpc) is 2.74. The minimum atomic E-state index is -1.12. The van der Waals surface area contributed by atoms with Crippen molar-refractivity contribution in [3.63, 3.8) is 0 Å². The number of aryl methyl sites for hydroxylation is 1. The lowest BCUT2D eigenvalue weighted by Gasteiger charge is -2.05. The van der Waals surface area contributed by atoms with Crippen LogP contribution in [0.1, 0.15) is 23.2 Å². The lowest BCUT2D eigenvalue weighted by atomic mass is 10.3. The van der Waals surface area contributed by atoms with Crippen LogP contribution in [0.3, 0.4) is 0 Å². The summed E-state index contributed by atoms with van der Waals surface area (Å²) in [5.74, 6) is -1.58. The van der Waals surface area contributed by atoms with Gasteiger partial charge in [0.05, 0.1) is 0 Å². The van der Waals surface area contributed by atoms with Crippen LogP contribution in [0.2, 0.25) is 0 Å². The van der Waals surface area contributed by atoms with Gasteiger partial charge in [0.2, 0.25) is 5.82 Å². The summed E-state index contributed by atoms with van der Waals surface area (Å²) in [5, 5.41) is 14.9. The molecule has 1 atom stereocenters. The Morgan fingerprint density at radius 3 is 2.83 bits per heavy atom. The standard InChI is InChI=1S/C10H11N5O3/c1-5-3-4-11-10-13-7(14-15(5)10)8(16)12-6(2)9(17)18/h3-4,6H,1-2H3,(H,12,16)(H,17,18)/t6-/m1/s1. The molecular formula is C10H11N5O3. The molecule has 0 spiro atoms. The van der Waals surface area contributed by atoms with Crippen LogP contribution in [0.5, 0.6) is 0 Å². The second-order valence-corrected chi connectivity index (χ2v) is 3.77. The van der Waals surface area contributed by atoms with Gasteiger partial charge in [-0.3, -0.25) is 9.59 Å². The first-order valence-electron chi connectivity index (χ1n) is 5.21. The molecule has 0 aliphatic carbocycles. The zero-order valence-electron chi connectivity index (χ0n) is 9.78. The number of nitrogens with one attached hydrogen (secondary N) is 1. The number of carboxylic acids is 1. The van der Waals surface area contributed by atoms with Gasteiger partial charge in [-0.2, -0.15) is 4.98 Å². The summed E-state index contributed by atoms with van der Waals surface area (Å²) in [6, 6.07) is 0.724. The van der Waals surface area contributed by atoms with Crippen LogP contribution < -0.4 is 5.32 Å². The van der Waals surface area contributed by atoms with Crippen molar-refractivity contribution in [2.45, 2.75) is 19.9 Å². The SMILES string of the molecule is Cc1ccnc2nc(C(=O)N[C@H](C)C(=O)O)nn12. The maximum absolute atomic E-state index is 11.7. The Kier molecular flexibility index (Phi) is 2.92. The second kappa shape index (κ2) is 4.40. The molecule has 94 valence electrons. The molecule has 1 amide bonds. The molecule has 2 heterocycles. The lowest BCUT2D eigenvalue weighted by Crippen LogP contribution is -2.38. The predicted molar refractivity (Wildman–Crippen MR) is 60.1 cm³/mol. The Hall–Kier alpha value is -2.51. The molecule has 0 aromatic carbocycles. The van der Waals surface area contributed by atoms with Gasteiger partial charge in [0.1, 0.15) is 6.04 Å². The minimum absolute atomic E-state index is 0.107. The molecule has 0 radical (unpaired) electrons. The van der Waals surface area contributed by atoms with Crippen LogP contribution in [-0.2, 0) is 4.79 Å². The molecule has 0 unspecified atom stereocenters. The van der Waals surface area contributed by atoms with E-state index in [2.05, 4.69) is 20.4 Å². The van der Waals surface area contributed by atoms with Gasteiger partial charge in [-0.15, -0.1) is 5.10 Å². The number of fused-ring (bicyclic) bond motifs is 1. The fourth-order valence-corrected chi connectivity index (χ4v) is 1.33. The van der Waals surface area contributed by atoms with Crippen molar-refractivity contribution in [1.82, 2.24) is 24.9 Å². The molecule has 0 aliphatic heterocycles. The third-order valence-corrected chi connectivity index (χ3v) is 2.35. The normalized spacial score (nSPS) is 12.3. The van der Waals surface area contributed by atoms with E-state index in [1.54, 1.807) is 19.2 Å². The number of carbonyl (C=O) groups excluding carboxylic acids is 1. The van der Waals surface area contributed by atoms with E-state index in [0.717, 1.165) is 5.69 Å². The van der Waals surface area contributed by atoms with E-state index in [-0.39, 0.29) is 5.82 Å². The first-order chi connectivity index (χ1) is 8.49. The number of aliphatic carboxylic acids is 1. The highest BCUT2D eigenvalue weighted by Gasteiger charge is 2.19. The Morgan fingerprint density at radius 2 is 2.22 bits per heavy atom. The van der Waals surface area contributed by atoms with Crippen LogP contribution >= 0.6 is 0 Å². The largest absolute Gasteiger partial charge is 0.480 e. The summed E-state index contributed by atoms with van der Waals surface area (Å²) in [4.78, 5) is 30.2. The van der Waals surface area contributed by atoms with E-state index in [0.29, 0.717) is 5.78 Å². The summed E-state index contributed by atoms with van der Waals surface area (Å²) in [6.07, 6.45) is 1.56. The molecule has 0 bridgehead atoms. The summed E-state index contributed by atoms with van der Waals surface area (Å²) in [5.41, 5.74) is 0.776. The topological polar surface area (TPSA) is 109 Å². The van der Waals surface area contributed by atoms with E-state index in [4.69, 9.17) is 5.11 Å². The predicted octanol–water partition coefficient (Wildman–Crippen LogP) is -0.364. The molecule has 18 heavy (non-hydrogen) atoms. The van der Waals surface area contributed by atoms with Crippen molar-refractivity contribution in [3.05, 3.63) is 23.8 Å². The van der Waals surface area contributed by atoms with Crippen molar-refractivity contribution in [1.29, 1.82) is 0 Å². The zero-order valence-corrected chi connectivity index (χ0v) is 9.78. The highest BCUT2D eigenvalue weighted by molar-refractivity contribution is 5.93. The molecule has 2 rings (SSSR count). The van der Waals surface area contributed by atoms with Gasteiger partial charge in [0, 0.05) is 11.9 Å². The van der Waals surface area contributed by atoms with E-state index in [1.165, 1.54) is 11.4 Å². The quantitative estimate of drug-likeness (QED) is 0.768. The zero-order chi connectivity index (χ0) is 13.3. The van der Waals surface area contributed by atoms with Gasteiger partial charge in [0.15, 0.2) is 0 Å². The smallest absolute Gasteiger partial charge is 0.325 e. The summed E-state index contributed by atoms with van der Waals surface area (Å²) >= 11 is 0. The van der Waals surface area contributed by atoms with Gasteiger partial charge in [-0.1, -0.05) is 0 Å². The van der Waals surface area contributed by atoms with Gasteiger partial charge in [0.25, 0.3) is 11.7 Å². The number of rotatable bonds is 3. The van der Waals surface area contributed by atoms with Crippen molar-refractivity contribution >= 4 is 17.7 Å². The summed E-state index contributed by atoms with van der Waals surface area (Å²) < 4.78 is 1.42. The number of nitrogens with zero attached hydrogens (tertiary/aromatic N) is 4. The molecular weight excluding hydrogens is 238 g/mol. The molecule has 8 heteroatoms. The Morgan fingerprint density at radius 1 is 1.50 bits per heavy atom. The first kappa shape index (κ1) is 12.0. The van der Waals surface area contributed by atoms with E-state index < -0.39 is 17.9 Å². The van der Waals surface area contributed by atoms with Crippen LogP contribution in [0.4, 0.5) is 0 Å². The molecule has 0 saturated heterocycles. The summed E-state index contributed by atoms with van der Waals surface area (Å²) in [6.45, 7) is 3.16. The van der Waals surface area contributed by atoms with Crippen molar-refractivity contribution in [2.24, 2.45) is 0 Å². The average molecular weight is 249 g/mol. The number of carboxylic acid groups (broad SMARTS) is 1. The minimum Gasteiger partial charge on any atom is -0.480 e. The molecule has 2 aromatic rings. The van der Waals surface area contributed by atoms with E-state index in [1.807, 2.05) is 0 Å². The Labute approximate surface area is 102 Å². The van der Waals surface area contributed by atoms with E-state index in [9.17, 15) is 9.59 Å². The number of amides is 1. The maximum Gasteiger partial charge on any atom is 0.325 e. The third-order valence-electron chi connectivity index (χ3n) is 2.35. The summed E-state index contributed by atoms with van der Waals surface area (Å²) in [7, 11) is 0. The molecule has 8 nitrogen and oxygen atoms in total. The van der Waals surface area contributed by atoms with Crippen LogP contribution in [-0.4, -0.2) is 42.6 Å². The van der Waals surface area contributed by atoms with Crippen molar-refractivity contribution in [3.8, 4) is 0 Å². The number of hydrogen-bond donors (Lipinski definition) is 2. The third kappa shape index (κ3) is 2.12. The van der Waals surface area contributed by atoms with Crippen molar-refractivity contribution in [2.75, 3.05) is 0 Å². The van der Waals surface area contributed by atoms with Gasteiger partial charge < -0.3 is 10.4 Å². The first-order valence-corrected chi connectivity index (χ1v) is 5.21. The maximum atomic E-state index is 11.7. The fraction of sp³-hybridized carbons (Fsp3) is 0.300.